The summed E-state index contributed by atoms with van der Waals surface area (Å²) in [5.74, 6) is -0.269. The first-order chi connectivity index (χ1) is 14.4. The van der Waals surface area contributed by atoms with E-state index in [1.165, 1.54) is 17.5 Å². The van der Waals surface area contributed by atoms with E-state index in [0.29, 0.717) is 33.0 Å². The summed E-state index contributed by atoms with van der Waals surface area (Å²) in [6.45, 7) is 9.02. The SMILES string of the molecule is COC(=O)CCOCCOCCO[Si](c1ccccc1)(c1ccccc1)C(C)(C)C. The van der Waals surface area contributed by atoms with Gasteiger partial charge in [0.2, 0.25) is 0 Å². The second-order valence-electron chi connectivity index (χ2n) is 8.06. The number of benzene rings is 2. The van der Waals surface area contributed by atoms with E-state index in [1.54, 1.807) is 0 Å². The maximum absolute atomic E-state index is 11.0. The Morgan fingerprint density at radius 1 is 0.767 bits per heavy atom. The normalized spacial score (nSPS) is 12.0. The lowest BCUT2D eigenvalue weighted by Crippen LogP contribution is -2.66. The highest BCUT2D eigenvalue weighted by atomic mass is 28.4. The van der Waals surface area contributed by atoms with Crippen molar-refractivity contribution in [1.29, 1.82) is 0 Å². The molecule has 0 aromatic heterocycles. The standard InChI is InChI=1S/C24H34O5Si/c1-24(2,3)30(21-11-7-5-8-12-21,22-13-9-6-10-14-22)29-20-19-28-18-17-27-16-15-23(25)26-4/h5-14H,15-20H2,1-4H3. The molecule has 0 saturated heterocycles. The van der Waals surface area contributed by atoms with E-state index in [0.717, 1.165) is 0 Å². The van der Waals surface area contributed by atoms with Crippen LogP contribution in [0.3, 0.4) is 0 Å². The number of hydrogen-bond donors (Lipinski definition) is 0. The predicted octanol–water partition coefficient (Wildman–Crippen LogP) is 3.16. The van der Waals surface area contributed by atoms with E-state index in [2.05, 4.69) is 74.0 Å². The van der Waals surface area contributed by atoms with Gasteiger partial charge in [0.1, 0.15) is 0 Å². The first kappa shape index (κ1) is 24.3. The Hall–Kier alpha value is -1.99. The zero-order valence-corrected chi connectivity index (χ0v) is 19.6. The highest BCUT2D eigenvalue weighted by Crippen LogP contribution is 2.36. The van der Waals surface area contributed by atoms with E-state index in [9.17, 15) is 4.79 Å². The van der Waals surface area contributed by atoms with Crippen molar-refractivity contribution in [2.75, 3.05) is 40.1 Å². The fraction of sp³-hybridized carbons (Fsp3) is 0.458. The van der Waals surface area contributed by atoms with Gasteiger partial charge in [-0.05, 0) is 15.4 Å². The van der Waals surface area contributed by atoms with Crippen LogP contribution < -0.4 is 10.4 Å². The molecule has 0 radical (unpaired) electrons. The molecule has 6 heteroatoms. The van der Waals surface area contributed by atoms with Crippen LogP contribution in [0.4, 0.5) is 0 Å². The van der Waals surface area contributed by atoms with Gasteiger partial charge in [-0.15, -0.1) is 0 Å². The Balaban J connectivity index is 1.98. The van der Waals surface area contributed by atoms with Gasteiger partial charge in [0.25, 0.3) is 8.32 Å². The summed E-state index contributed by atoms with van der Waals surface area (Å²) in [6.07, 6.45) is 0.257. The van der Waals surface area contributed by atoms with Gasteiger partial charge in [-0.25, -0.2) is 0 Å². The van der Waals surface area contributed by atoms with Gasteiger partial charge in [-0.1, -0.05) is 81.4 Å². The Morgan fingerprint density at radius 3 is 1.70 bits per heavy atom. The highest BCUT2D eigenvalue weighted by Gasteiger charge is 2.49. The molecule has 30 heavy (non-hydrogen) atoms. The third-order valence-corrected chi connectivity index (χ3v) is 10.1. The average Bonchev–Trinajstić information content (AvgIpc) is 2.75. The van der Waals surface area contributed by atoms with Gasteiger partial charge in [0, 0.05) is 0 Å². The molecule has 0 amide bonds. The smallest absolute Gasteiger partial charge is 0.307 e. The fourth-order valence-electron chi connectivity index (χ4n) is 3.59. The largest absolute Gasteiger partial charge is 0.469 e. The minimum atomic E-state index is -2.51. The number of ether oxygens (including phenoxy) is 3. The summed E-state index contributed by atoms with van der Waals surface area (Å²) in [7, 11) is -1.14. The molecule has 0 aliphatic rings. The second kappa shape index (κ2) is 12.0. The molecule has 0 spiro atoms. The molecule has 2 rings (SSSR count). The molecule has 5 nitrogen and oxygen atoms in total. The van der Waals surface area contributed by atoms with Crippen molar-refractivity contribution < 1.29 is 23.4 Å². The molecular weight excluding hydrogens is 396 g/mol. The van der Waals surface area contributed by atoms with Crippen LogP contribution in [0, 0.1) is 0 Å². The Labute approximate surface area is 181 Å². The minimum absolute atomic E-state index is 0.0489. The Morgan fingerprint density at radius 2 is 1.23 bits per heavy atom. The zero-order chi connectivity index (χ0) is 21.9. The minimum Gasteiger partial charge on any atom is -0.469 e. The van der Waals surface area contributed by atoms with Crippen LogP contribution in [-0.2, 0) is 23.4 Å². The number of carbonyl (C=O) groups excluding carboxylic acids is 1. The number of carbonyl (C=O) groups is 1. The lowest BCUT2D eigenvalue weighted by molar-refractivity contribution is -0.141. The van der Waals surface area contributed by atoms with Gasteiger partial charge in [0.15, 0.2) is 0 Å². The summed E-state index contributed by atoms with van der Waals surface area (Å²) in [5.41, 5.74) is 0. The van der Waals surface area contributed by atoms with E-state index in [4.69, 9.17) is 13.9 Å². The quantitative estimate of drug-likeness (QED) is 0.294. The maximum atomic E-state index is 11.0. The van der Waals surface area contributed by atoms with Crippen molar-refractivity contribution in [3.8, 4) is 0 Å². The van der Waals surface area contributed by atoms with Crippen molar-refractivity contribution in [3.63, 3.8) is 0 Å². The van der Waals surface area contributed by atoms with Crippen LogP contribution in [0.5, 0.6) is 0 Å². The summed E-state index contributed by atoms with van der Waals surface area (Å²) >= 11 is 0. The highest BCUT2D eigenvalue weighted by molar-refractivity contribution is 6.99. The van der Waals surface area contributed by atoms with Crippen LogP contribution in [0.25, 0.3) is 0 Å². The van der Waals surface area contributed by atoms with E-state index in [-0.39, 0.29) is 17.4 Å². The second-order valence-corrected chi connectivity index (χ2v) is 12.4. The van der Waals surface area contributed by atoms with E-state index >= 15 is 0 Å². The maximum Gasteiger partial charge on any atom is 0.307 e. The van der Waals surface area contributed by atoms with Crippen molar-refractivity contribution in [2.24, 2.45) is 0 Å². The van der Waals surface area contributed by atoms with E-state index < -0.39 is 8.32 Å². The molecule has 0 unspecified atom stereocenters. The molecule has 0 fully saturated rings. The van der Waals surface area contributed by atoms with Gasteiger partial charge < -0.3 is 18.6 Å². The Bertz CT molecular complexity index is 704. The zero-order valence-electron chi connectivity index (χ0n) is 18.6. The van der Waals surface area contributed by atoms with Gasteiger partial charge in [-0.3, -0.25) is 4.79 Å². The molecule has 0 atom stereocenters. The Kier molecular flexibility index (Phi) is 9.72. The van der Waals surface area contributed by atoms with E-state index in [1.807, 2.05) is 12.1 Å². The summed E-state index contributed by atoms with van der Waals surface area (Å²) in [4.78, 5) is 11.0. The molecule has 0 aliphatic carbocycles. The first-order valence-corrected chi connectivity index (χ1v) is 12.3. The van der Waals surface area contributed by atoms with Gasteiger partial charge >= 0.3 is 5.97 Å². The number of hydrogen-bond acceptors (Lipinski definition) is 5. The van der Waals surface area contributed by atoms with Crippen LogP contribution in [0.1, 0.15) is 27.2 Å². The molecule has 2 aromatic carbocycles. The molecule has 164 valence electrons. The van der Waals surface area contributed by atoms with Crippen LogP contribution in [0.15, 0.2) is 60.7 Å². The van der Waals surface area contributed by atoms with Crippen LogP contribution in [0.2, 0.25) is 5.04 Å². The lowest BCUT2D eigenvalue weighted by Gasteiger charge is -2.43. The summed E-state index contributed by atoms with van der Waals surface area (Å²) < 4.78 is 22.4. The van der Waals surface area contributed by atoms with Crippen LogP contribution >= 0.6 is 0 Å². The molecule has 0 heterocycles. The van der Waals surface area contributed by atoms with Gasteiger partial charge in [-0.2, -0.15) is 0 Å². The molecule has 0 bridgehead atoms. The summed E-state index contributed by atoms with van der Waals surface area (Å²) in [5, 5.41) is 2.47. The molecule has 0 aliphatic heterocycles. The average molecular weight is 431 g/mol. The van der Waals surface area contributed by atoms with Crippen molar-refractivity contribution in [2.45, 2.75) is 32.2 Å². The fourth-order valence-corrected chi connectivity index (χ4v) is 8.14. The number of methoxy groups -OCH3 is 1. The first-order valence-electron chi connectivity index (χ1n) is 10.4. The molecular formula is C24H34O5Si. The third kappa shape index (κ3) is 6.50. The number of esters is 1. The predicted molar refractivity (Wildman–Crippen MR) is 122 cm³/mol. The number of rotatable bonds is 12. The van der Waals surface area contributed by atoms with Crippen molar-refractivity contribution in [3.05, 3.63) is 60.7 Å². The lowest BCUT2D eigenvalue weighted by atomic mass is 10.2. The molecule has 2 aromatic rings. The molecule has 0 N–H and O–H groups in total. The third-order valence-electron chi connectivity index (χ3n) is 5.01. The van der Waals surface area contributed by atoms with Crippen molar-refractivity contribution >= 4 is 24.7 Å². The van der Waals surface area contributed by atoms with Gasteiger partial charge in [0.05, 0.1) is 46.6 Å². The molecule has 0 saturated carbocycles. The monoisotopic (exact) mass is 430 g/mol. The summed E-state index contributed by atoms with van der Waals surface area (Å²) in [6, 6.07) is 21.1. The topological polar surface area (TPSA) is 54.0 Å². The van der Waals surface area contributed by atoms with Crippen LogP contribution in [-0.4, -0.2) is 54.4 Å². The van der Waals surface area contributed by atoms with Crippen molar-refractivity contribution in [1.82, 2.24) is 0 Å².